The minimum Gasteiger partial charge on any atom is -0.347 e. The van der Waals surface area contributed by atoms with Crippen LogP contribution in [-0.2, 0) is 16.4 Å². The monoisotopic (exact) mass is 493 g/mol. The normalized spacial score (nSPS) is 13.9. The van der Waals surface area contributed by atoms with E-state index in [1.165, 1.54) is 53.8 Å². The number of nitrogens with one attached hydrogen (secondary N) is 2. The first-order valence-electron chi connectivity index (χ1n) is 10.1. The van der Waals surface area contributed by atoms with Crippen molar-refractivity contribution in [1.29, 1.82) is 0 Å². The van der Waals surface area contributed by atoms with E-state index >= 15 is 0 Å². The fraction of sp³-hybridized carbons (Fsp3) is 0.0417. The smallest absolute Gasteiger partial charge is 0.257 e. The van der Waals surface area contributed by atoms with Crippen LogP contribution in [0, 0.1) is 5.82 Å². The minimum absolute atomic E-state index is 0.0465. The minimum atomic E-state index is -3.94. The van der Waals surface area contributed by atoms with Crippen LogP contribution < -0.4 is 10.6 Å². The molecule has 0 bridgehead atoms. The third-order valence-corrected chi connectivity index (χ3v) is 8.19. The first-order chi connectivity index (χ1) is 16.3. The van der Waals surface area contributed by atoms with Crippen molar-refractivity contribution in [2.24, 2.45) is 0 Å². The number of carbonyl (C=O) groups excluding carboxylic acids is 2. The average Bonchev–Trinajstić information content (AvgIpc) is 3.29. The summed E-state index contributed by atoms with van der Waals surface area (Å²) in [5, 5.41) is 6.06. The number of hydrogen-bond acceptors (Lipinski definition) is 6. The van der Waals surface area contributed by atoms with E-state index < -0.39 is 21.7 Å². The summed E-state index contributed by atoms with van der Waals surface area (Å²) in [6.07, 6.45) is 1.63. The topological polar surface area (TPSA) is 105 Å². The van der Waals surface area contributed by atoms with E-state index in [1.807, 2.05) is 0 Å². The second kappa shape index (κ2) is 8.47. The molecule has 0 fully saturated rings. The lowest BCUT2D eigenvalue weighted by Crippen LogP contribution is -2.22. The quantitative estimate of drug-likeness (QED) is 0.442. The lowest BCUT2D eigenvalue weighted by atomic mass is 10.1. The molecule has 0 saturated heterocycles. The molecule has 7 nitrogen and oxygen atoms in total. The predicted octanol–water partition coefficient (Wildman–Crippen LogP) is 4.28. The Kier molecular flexibility index (Phi) is 5.46. The van der Waals surface area contributed by atoms with Crippen LogP contribution >= 0.6 is 11.3 Å². The maximum Gasteiger partial charge on any atom is 0.257 e. The molecule has 4 aromatic rings. The van der Waals surface area contributed by atoms with Gasteiger partial charge in [-0.15, -0.1) is 11.3 Å². The Labute approximate surface area is 198 Å². The van der Waals surface area contributed by atoms with Gasteiger partial charge in [-0.3, -0.25) is 9.59 Å². The van der Waals surface area contributed by atoms with Crippen molar-refractivity contribution in [3.8, 4) is 10.6 Å². The standard InChI is InChI=1S/C24H16FN3O4S2/c25-16-8-5-14(6-9-16)24-27-13-17(33-24)12-26-22(29)15-7-10-21-19(11-15)28-23(30)18-3-1-2-4-20(18)34(21,31)32/h1-11,13H,12H2,(H,26,29)(H,28,30). The second-order valence-electron chi connectivity index (χ2n) is 7.49. The Morgan fingerprint density at radius 1 is 1.03 bits per heavy atom. The summed E-state index contributed by atoms with van der Waals surface area (Å²) in [7, 11) is -3.94. The van der Waals surface area contributed by atoms with Crippen molar-refractivity contribution < 1.29 is 22.4 Å². The second-order valence-corrected chi connectivity index (χ2v) is 10.5. The third kappa shape index (κ3) is 3.97. The van der Waals surface area contributed by atoms with Gasteiger partial charge >= 0.3 is 0 Å². The molecule has 1 aromatic heterocycles. The van der Waals surface area contributed by atoms with Crippen LogP contribution in [0.2, 0.25) is 0 Å². The van der Waals surface area contributed by atoms with E-state index in [-0.39, 0.29) is 39.0 Å². The zero-order valence-corrected chi connectivity index (χ0v) is 19.0. The van der Waals surface area contributed by atoms with Crippen molar-refractivity contribution >= 4 is 38.7 Å². The van der Waals surface area contributed by atoms with E-state index in [9.17, 15) is 22.4 Å². The molecular formula is C24H16FN3O4S2. The lowest BCUT2D eigenvalue weighted by molar-refractivity contribution is 0.0949. The molecule has 3 aromatic carbocycles. The van der Waals surface area contributed by atoms with Gasteiger partial charge in [0, 0.05) is 22.2 Å². The fourth-order valence-electron chi connectivity index (χ4n) is 3.58. The van der Waals surface area contributed by atoms with Crippen LogP contribution in [0.4, 0.5) is 10.1 Å². The van der Waals surface area contributed by atoms with E-state index in [2.05, 4.69) is 15.6 Å². The van der Waals surface area contributed by atoms with Crippen LogP contribution in [0.25, 0.3) is 10.6 Å². The highest BCUT2D eigenvalue weighted by atomic mass is 32.2. The van der Waals surface area contributed by atoms with Gasteiger partial charge in [-0.05, 0) is 54.6 Å². The molecule has 2 N–H and O–H groups in total. The number of amides is 2. The lowest BCUT2D eigenvalue weighted by Gasteiger charge is -2.10. The highest BCUT2D eigenvalue weighted by molar-refractivity contribution is 7.91. The fourth-order valence-corrected chi connectivity index (χ4v) is 6.03. The maximum absolute atomic E-state index is 13.1. The number of sulfone groups is 1. The van der Waals surface area contributed by atoms with Crippen molar-refractivity contribution in [3.05, 3.63) is 94.7 Å². The molecule has 0 spiro atoms. The third-order valence-electron chi connectivity index (χ3n) is 5.27. The number of hydrogen-bond donors (Lipinski definition) is 2. The molecule has 0 aliphatic carbocycles. The molecule has 5 rings (SSSR count). The van der Waals surface area contributed by atoms with Crippen LogP contribution in [0.1, 0.15) is 25.6 Å². The average molecular weight is 494 g/mol. The predicted molar refractivity (Wildman–Crippen MR) is 125 cm³/mol. The molecule has 2 amide bonds. The number of thiazole rings is 1. The van der Waals surface area contributed by atoms with E-state index in [4.69, 9.17) is 0 Å². The molecule has 10 heteroatoms. The molecule has 0 saturated carbocycles. The molecule has 170 valence electrons. The molecule has 2 heterocycles. The molecular weight excluding hydrogens is 477 g/mol. The van der Waals surface area contributed by atoms with Gasteiger partial charge < -0.3 is 10.6 Å². The number of fused-ring (bicyclic) bond motifs is 2. The van der Waals surface area contributed by atoms with E-state index in [0.29, 0.717) is 5.01 Å². The van der Waals surface area contributed by atoms with Gasteiger partial charge in [-0.25, -0.2) is 17.8 Å². The Balaban J connectivity index is 1.35. The first-order valence-corrected chi connectivity index (χ1v) is 12.4. The Bertz CT molecular complexity index is 1550. The number of benzene rings is 3. The van der Waals surface area contributed by atoms with Crippen LogP contribution in [0.3, 0.4) is 0 Å². The largest absolute Gasteiger partial charge is 0.347 e. The number of anilines is 1. The Morgan fingerprint density at radius 2 is 1.79 bits per heavy atom. The summed E-state index contributed by atoms with van der Waals surface area (Å²) in [6, 6.07) is 16.0. The summed E-state index contributed by atoms with van der Waals surface area (Å²) < 4.78 is 39.3. The first kappa shape index (κ1) is 21.9. The van der Waals surface area contributed by atoms with Crippen LogP contribution in [0.5, 0.6) is 0 Å². The molecule has 1 aliphatic heterocycles. The molecule has 0 radical (unpaired) electrons. The highest BCUT2D eigenvalue weighted by Crippen LogP contribution is 2.34. The number of halogens is 1. The van der Waals surface area contributed by atoms with Gasteiger partial charge in [0.1, 0.15) is 10.8 Å². The van der Waals surface area contributed by atoms with Crippen LogP contribution in [0.15, 0.2) is 82.7 Å². The number of rotatable bonds is 4. The van der Waals surface area contributed by atoms with Crippen molar-refractivity contribution in [2.75, 3.05) is 5.32 Å². The van der Waals surface area contributed by atoms with Crippen molar-refractivity contribution in [3.63, 3.8) is 0 Å². The summed E-state index contributed by atoms with van der Waals surface area (Å²) in [5.74, 6) is -1.33. The maximum atomic E-state index is 13.1. The van der Waals surface area contributed by atoms with Gasteiger partial charge in [0.25, 0.3) is 11.8 Å². The van der Waals surface area contributed by atoms with Gasteiger partial charge in [0.15, 0.2) is 0 Å². The SMILES string of the molecule is O=C(NCc1cnc(-c2ccc(F)cc2)s1)c1ccc2c(c1)NC(=O)c1ccccc1S2(=O)=O. The zero-order valence-electron chi connectivity index (χ0n) is 17.4. The molecule has 0 atom stereocenters. The van der Waals surface area contributed by atoms with Crippen LogP contribution in [-0.4, -0.2) is 25.2 Å². The van der Waals surface area contributed by atoms with Gasteiger partial charge in [0.2, 0.25) is 9.84 Å². The Hall–Kier alpha value is -3.89. The Morgan fingerprint density at radius 3 is 2.59 bits per heavy atom. The van der Waals surface area contributed by atoms with E-state index in [0.717, 1.165) is 10.4 Å². The molecule has 1 aliphatic rings. The van der Waals surface area contributed by atoms with Gasteiger partial charge in [0.05, 0.1) is 27.6 Å². The summed E-state index contributed by atoms with van der Waals surface area (Å²) in [4.78, 5) is 30.3. The van der Waals surface area contributed by atoms with Gasteiger partial charge in [-0.1, -0.05) is 12.1 Å². The number of nitrogens with zero attached hydrogens (tertiary/aromatic N) is 1. The van der Waals surface area contributed by atoms with Gasteiger partial charge in [-0.2, -0.15) is 0 Å². The van der Waals surface area contributed by atoms with E-state index in [1.54, 1.807) is 30.5 Å². The molecule has 0 unspecified atom stereocenters. The molecule has 34 heavy (non-hydrogen) atoms. The van der Waals surface area contributed by atoms with Crippen molar-refractivity contribution in [1.82, 2.24) is 10.3 Å². The highest BCUT2D eigenvalue weighted by Gasteiger charge is 2.31. The summed E-state index contributed by atoms with van der Waals surface area (Å²) in [6.45, 7) is 0.199. The van der Waals surface area contributed by atoms with Crippen molar-refractivity contribution in [2.45, 2.75) is 16.3 Å². The number of carbonyl (C=O) groups is 2. The summed E-state index contributed by atoms with van der Waals surface area (Å²) >= 11 is 1.36. The summed E-state index contributed by atoms with van der Waals surface area (Å²) in [5.41, 5.74) is 1.06. The number of aromatic nitrogens is 1. The zero-order chi connectivity index (χ0) is 23.9.